The predicted octanol–water partition coefficient (Wildman–Crippen LogP) is 6.79. The van der Waals surface area contributed by atoms with Gasteiger partial charge >= 0.3 is 0 Å². The Morgan fingerprint density at radius 1 is 0.821 bits per heavy atom. The molecule has 0 aliphatic rings. The van der Waals surface area contributed by atoms with Crippen LogP contribution in [0.2, 0.25) is 0 Å². The molecule has 0 saturated carbocycles. The van der Waals surface area contributed by atoms with Crippen LogP contribution in [0.3, 0.4) is 0 Å². The number of rotatable bonds is 6. The van der Waals surface area contributed by atoms with Crippen LogP contribution in [-0.4, -0.2) is 5.90 Å². The van der Waals surface area contributed by atoms with E-state index in [-0.39, 0.29) is 0 Å². The number of nitrogens with zero attached hydrogens (tertiary/aromatic N) is 1. The van der Waals surface area contributed by atoms with Crippen LogP contribution in [0, 0.1) is 13.8 Å². The van der Waals surface area contributed by atoms with Gasteiger partial charge < -0.3 is 9.47 Å². The van der Waals surface area contributed by atoms with Gasteiger partial charge in [-0.3, -0.25) is 0 Å². The third-order valence-electron chi connectivity index (χ3n) is 4.20. The highest BCUT2D eigenvalue weighted by Gasteiger charge is 2.11. The average molecular weight is 371 g/mol. The van der Waals surface area contributed by atoms with Gasteiger partial charge in [-0.05, 0) is 62.2 Å². The van der Waals surface area contributed by atoms with Gasteiger partial charge in [-0.2, -0.15) is 0 Å². The number of aryl methyl sites for hydroxylation is 2. The molecule has 0 bridgehead atoms. The van der Waals surface area contributed by atoms with Gasteiger partial charge in [0.2, 0.25) is 5.90 Å². The molecule has 0 heterocycles. The van der Waals surface area contributed by atoms with Crippen LogP contribution in [-0.2, 0) is 0 Å². The second-order valence-electron chi connectivity index (χ2n) is 6.60. The van der Waals surface area contributed by atoms with Gasteiger partial charge in [-0.15, -0.1) is 0 Å². The lowest BCUT2D eigenvalue weighted by Crippen LogP contribution is -2.12. The highest BCUT2D eigenvalue weighted by Crippen LogP contribution is 2.20. The smallest absolute Gasteiger partial charge is 0.226 e. The van der Waals surface area contributed by atoms with Crippen LogP contribution in [0.15, 0.2) is 95.7 Å². The molecular weight excluding hydrogens is 346 g/mol. The topological polar surface area (TPSA) is 30.8 Å². The van der Waals surface area contributed by atoms with E-state index in [2.05, 4.69) is 13.8 Å². The fourth-order valence-corrected chi connectivity index (χ4v) is 2.61. The molecule has 3 heteroatoms. The lowest BCUT2D eigenvalue weighted by Gasteiger charge is -2.12. The summed E-state index contributed by atoms with van der Waals surface area (Å²) < 4.78 is 12.0. The largest absolute Gasteiger partial charge is 0.465 e. The lowest BCUT2D eigenvalue weighted by molar-refractivity contribution is 0.471. The quantitative estimate of drug-likeness (QED) is 0.271. The number of ether oxygens (including phenoxy) is 2. The molecule has 0 spiro atoms. The number of benzene rings is 3. The fraction of sp³-hybridized carbons (Fsp3) is 0.160. The molecule has 3 aromatic rings. The molecule has 0 amide bonds. The van der Waals surface area contributed by atoms with E-state index in [4.69, 9.17) is 14.5 Å². The van der Waals surface area contributed by atoms with Crippen molar-refractivity contribution in [2.45, 2.75) is 27.2 Å². The van der Waals surface area contributed by atoms with Crippen molar-refractivity contribution in [1.82, 2.24) is 0 Å². The summed E-state index contributed by atoms with van der Waals surface area (Å²) in [4.78, 5) is 4.72. The molecule has 0 aromatic heterocycles. The molecule has 0 radical (unpaired) electrons. The minimum atomic E-state index is 0.533. The summed E-state index contributed by atoms with van der Waals surface area (Å²) >= 11 is 0. The maximum atomic E-state index is 6.14. The summed E-state index contributed by atoms with van der Waals surface area (Å²) in [6, 6.07) is 25.7. The van der Waals surface area contributed by atoms with Gasteiger partial charge in [-0.1, -0.05) is 55.0 Å². The Labute approximate surface area is 167 Å². The van der Waals surface area contributed by atoms with E-state index in [9.17, 15) is 0 Å². The van der Waals surface area contributed by atoms with Crippen molar-refractivity contribution in [3.05, 3.63) is 102 Å². The van der Waals surface area contributed by atoms with E-state index in [0.29, 0.717) is 5.90 Å². The van der Waals surface area contributed by atoms with Gasteiger partial charge in [-0.25, -0.2) is 4.99 Å². The summed E-state index contributed by atoms with van der Waals surface area (Å²) in [5.74, 6) is 2.07. The van der Waals surface area contributed by atoms with Gasteiger partial charge in [0.1, 0.15) is 11.5 Å². The van der Waals surface area contributed by atoms with Crippen molar-refractivity contribution in [1.29, 1.82) is 0 Å². The number of hydrogen-bond donors (Lipinski definition) is 0. The zero-order chi connectivity index (χ0) is 19.8. The van der Waals surface area contributed by atoms with Crippen molar-refractivity contribution < 1.29 is 9.47 Å². The average Bonchev–Trinajstić information content (AvgIpc) is 2.71. The molecule has 142 valence electrons. The number of hydrogen-bond acceptors (Lipinski definition) is 3. The molecule has 0 aliphatic carbocycles. The van der Waals surface area contributed by atoms with E-state index < -0.39 is 0 Å². The normalized spacial score (nSPS) is 12.0. The van der Waals surface area contributed by atoms with Crippen molar-refractivity contribution in [3.8, 4) is 11.5 Å². The van der Waals surface area contributed by atoms with Gasteiger partial charge in [0, 0.05) is 5.57 Å². The second-order valence-corrected chi connectivity index (χ2v) is 6.60. The highest BCUT2D eigenvalue weighted by molar-refractivity contribution is 5.96. The van der Waals surface area contributed by atoms with Crippen LogP contribution >= 0.6 is 0 Å². The zero-order valence-electron chi connectivity index (χ0n) is 16.6. The van der Waals surface area contributed by atoms with E-state index in [1.165, 1.54) is 5.56 Å². The van der Waals surface area contributed by atoms with Gasteiger partial charge in [0.05, 0.1) is 11.9 Å². The summed E-state index contributed by atoms with van der Waals surface area (Å²) in [7, 11) is 0. The molecule has 0 atom stereocenters. The van der Waals surface area contributed by atoms with Crippen molar-refractivity contribution in [3.63, 3.8) is 0 Å². The van der Waals surface area contributed by atoms with E-state index >= 15 is 0 Å². The molecule has 0 saturated heterocycles. The second kappa shape index (κ2) is 9.56. The summed E-state index contributed by atoms with van der Waals surface area (Å²) in [6.45, 7) is 6.15. The predicted molar refractivity (Wildman–Crippen MR) is 116 cm³/mol. The molecule has 0 unspecified atom stereocenters. The maximum absolute atomic E-state index is 6.14. The van der Waals surface area contributed by atoms with Crippen molar-refractivity contribution in [2.75, 3.05) is 0 Å². The van der Waals surface area contributed by atoms with Gasteiger partial charge in [0.25, 0.3) is 0 Å². The third-order valence-corrected chi connectivity index (χ3v) is 4.20. The Hall–Kier alpha value is -3.33. The molecule has 28 heavy (non-hydrogen) atoms. The minimum Gasteiger partial charge on any atom is -0.465 e. The molecule has 0 aliphatic heterocycles. The molecule has 3 aromatic carbocycles. The Bertz CT molecular complexity index is 957. The Morgan fingerprint density at radius 3 is 2.25 bits per heavy atom. The van der Waals surface area contributed by atoms with Gasteiger partial charge in [0.15, 0.2) is 0 Å². The molecular formula is C25H25NO2. The van der Waals surface area contributed by atoms with Crippen molar-refractivity contribution in [2.24, 2.45) is 4.99 Å². The van der Waals surface area contributed by atoms with E-state index in [1.54, 1.807) is 6.26 Å². The monoisotopic (exact) mass is 371 g/mol. The Kier molecular flexibility index (Phi) is 6.64. The van der Waals surface area contributed by atoms with Crippen LogP contribution < -0.4 is 9.47 Å². The summed E-state index contributed by atoms with van der Waals surface area (Å²) in [5.41, 5.74) is 4.05. The van der Waals surface area contributed by atoms with E-state index in [0.717, 1.165) is 34.7 Å². The van der Waals surface area contributed by atoms with Crippen molar-refractivity contribution >= 4 is 11.6 Å². The van der Waals surface area contributed by atoms with Crippen LogP contribution in [0.25, 0.3) is 0 Å². The molecule has 3 nitrogen and oxygen atoms in total. The first-order chi connectivity index (χ1) is 13.6. The van der Waals surface area contributed by atoms with Crippen LogP contribution in [0.5, 0.6) is 11.5 Å². The Morgan fingerprint density at radius 2 is 1.57 bits per heavy atom. The lowest BCUT2D eigenvalue weighted by atomic mass is 10.2. The number of para-hydroxylation sites is 1. The standard InChI is InChI=1S/C25H25NO2/c1-4-21(18-27-24-12-8-9-20(3)17-24)25(26-22-10-6-5-7-11-22)28-23-15-13-19(2)14-16-23/h5-18H,4H2,1-3H3/b21-18+,26-25?. The maximum Gasteiger partial charge on any atom is 0.226 e. The first kappa shape index (κ1) is 19.4. The zero-order valence-corrected chi connectivity index (χ0v) is 16.6. The van der Waals surface area contributed by atoms with Crippen LogP contribution in [0.4, 0.5) is 5.69 Å². The highest BCUT2D eigenvalue weighted by atomic mass is 16.5. The number of aliphatic imine (C=N–C) groups is 1. The molecule has 3 rings (SSSR count). The molecule has 0 fully saturated rings. The first-order valence-corrected chi connectivity index (χ1v) is 9.45. The minimum absolute atomic E-state index is 0.533. The Balaban J connectivity index is 1.91. The third kappa shape index (κ3) is 5.58. The SMILES string of the molecule is CC/C(=C\Oc1cccc(C)c1)C(=Nc1ccccc1)Oc1ccc(C)cc1. The molecule has 0 N–H and O–H groups in total. The summed E-state index contributed by atoms with van der Waals surface area (Å²) in [6.07, 6.45) is 2.45. The fourth-order valence-electron chi connectivity index (χ4n) is 2.61. The summed E-state index contributed by atoms with van der Waals surface area (Å²) in [5, 5.41) is 0. The first-order valence-electron chi connectivity index (χ1n) is 9.45. The van der Waals surface area contributed by atoms with E-state index in [1.807, 2.05) is 85.8 Å². The van der Waals surface area contributed by atoms with Crippen LogP contribution in [0.1, 0.15) is 24.5 Å².